The lowest BCUT2D eigenvalue weighted by atomic mass is 10.2. The van der Waals surface area contributed by atoms with Crippen LogP contribution in [0.15, 0.2) is 0 Å². The number of aliphatic hydroxyl groups excluding tert-OH is 1. The summed E-state index contributed by atoms with van der Waals surface area (Å²) in [5.41, 5.74) is 5.46. The highest BCUT2D eigenvalue weighted by atomic mass is 35.5. The van der Waals surface area contributed by atoms with Crippen molar-refractivity contribution in [3.63, 3.8) is 0 Å². The van der Waals surface area contributed by atoms with Crippen LogP contribution in [0.1, 0.15) is 19.3 Å². The Kier molecular flexibility index (Phi) is 4.19. The predicted octanol–water partition coefficient (Wildman–Crippen LogP) is 0.528. The Hall–Kier alpha value is 0.210. The molecule has 1 aliphatic carbocycles. The first kappa shape index (κ1) is 9.21. The third-order valence-corrected chi connectivity index (χ3v) is 1.57. The Bertz CT molecular complexity index is 75.5. The Morgan fingerprint density at radius 2 is 2.11 bits per heavy atom. The second-order valence-electron chi connectivity index (χ2n) is 2.62. The molecule has 1 saturated carbocycles. The predicted molar refractivity (Wildman–Crippen MR) is 39.7 cm³/mol. The van der Waals surface area contributed by atoms with E-state index in [0.717, 1.165) is 12.3 Å². The van der Waals surface area contributed by atoms with E-state index in [-0.39, 0.29) is 25.1 Å². The van der Waals surface area contributed by atoms with E-state index in [1.807, 2.05) is 0 Å². The Labute approximate surface area is 61.8 Å². The third kappa shape index (κ3) is 3.73. The molecule has 0 aromatic carbocycles. The molecule has 1 rings (SSSR count). The van der Waals surface area contributed by atoms with Crippen molar-refractivity contribution in [1.29, 1.82) is 0 Å². The van der Waals surface area contributed by atoms with E-state index < -0.39 is 0 Å². The van der Waals surface area contributed by atoms with Crippen molar-refractivity contribution in [3.8, 4) is 0 Å². The maximum atomic E-state index is 8.49. The van der Waals surface area contributed by atoms with Crippen molar-refractivity contribution in [2.75, 3.05) is 6.61 Å². The van der Waals surface area contributed by atoms with Crippen LogP contribution < -0.4 is 5.73 Å². The summed E-state index contributed by atoms with van der Waals surface area (Å²) in [4.78, 5) is 0. The Morgan fingerprint density at radius 1 is 1.56 bits per heavy atom. The number of nitrogens with two attached hydrogens (primary N) is 1. The molecule has 0 spiro atoms. The van der Waals surface area contributed by atoms with Crippen LogP contribution in [0.4, 0.5) is 0 Å². The van der Waals surface area contributed by atoms with E-state index >= 15 is 0 Å². The maximum absolute atomic E-state index is 8.49. The van der Waals surface area contributed by atoms with Gasteiger partial charge in [0.1, 0.15) is 0 Å². The summed E-state index contributed by atoms with van der Waals surface area (Å²) in [6.45, 7) is 0.149. The summed E-state index contributed by atoms with van der Waals surface area (Å²) in [6.07, 6.45) is 3.68. The number of hydrogen-bond acceptors (Lipinski definition) is 2. The molecule has 3 N–H and O–H groups in total. The molecule has 0 saturated heterocycles. The van der Waals surface area contributed by atoms with E-state index in [1.54, 1.807) is 0 Å². The van der Waals surface area contributed by atoms with Crippen LogP contribution in [0, 0.1) is 5.92 Å². The highest BCUT2D eigenvalue weighted by Gasteiger charge is 2.23. The fourth-order valence-corrected chi connectivity index (χ4v) is 0.856. The van der Waals surface area contributed by atoms with E-state index in [9.17, 15) is 0 Å². The molecule has 0 aromatic heterocycles. The van der Waals surface area contributed by atoms with E-state index in [1.165, 1.54) is 12.8 Å². The first-order valence-electron chi connectivity index (χ1n) is 3.19. The van der Waals surface area contributed by atoms with Crippen molar-refractivity contribution >= 4 is 12.4 Å². The first-order valence-corrected chi connectivity index (χ1v) is 3.19. The zero-order valence-electron chi connectivity index (χ0n) is 5.42. The summed E-state index contributed by atoms with van der Waals surface area (Å²) in [5.74, 6) is 0.845. The minimum atomic E-state index is 0. The summed E-state index contributed by atoms with van der Waals surface area (Å²) in [5, 5.41) is 8.49. The minimum Gasteiger partial charge on any atom is -0.395 e. The van der Waals surface area contributed by atoms with Gasteiger partial charge in [-0.05, 0) is 12.3 Å². The van der Waals surface area contributed by atoms with E-state index in [0.29, 0.717) is 0 Å². The molecule has 0 aliphatic heterocycles. The van der Waals surface area contributed by atoms with Gasteiger partial charge in [-0.3, -0.25) is 0 Å². The first-order chi connectivity index (χ1) is 3.83. The number of hydrogen-bond donors (Lipinski definition) is 2. The van der Waals surface area contributed by atoms with Crippen LogP contribution in [0.5, 0.6) is 0 Å². The molecule has 2 nitrogen and oxygen atoms in total. The maximum Gasteiger partial charge on any atom is 0.0582 e. The summed E-state index contributed by atoms with van der Waals surface area (Å²) < 4.78 is 0. The van der Waals surface area contributed by atoms with Gasteiger partial charge in [-0.1, -0.05) is 12.8 Å². The molecule has 3 heteroatoms. The molecule has 9 heavy (non-hydrogen) atoms. The highest BCUT2D eigenvalue weighted by Crippen LogP contribution is 2.32. The monoisotopic (exact) mass is 151 g/mol. The van der Waals surface area contributed by atoms with Gasteiger partial charge in [0.05, 0.1) is 6.61 Å². The molecule has 1 atom stereocenters. The van der Waals surface area contributed by atoms with Crippen LogP contribution in [-0.2, 0) is 0 Å². The fourth-order valence-electron chi connectivity index (χ4n) is 0.856. The van der Waals surface area contributed by atoms with Gasteiger partial charge in [0.15, 0.2) is 0 Å². The molecule has 0 radical (unpaired) electrons. The molecule has 0 amide bonds. The fraction of sp³-hybridized carbons (Fsp3) is 1.00. The van der Waals surface area contributed by atoms with Gasteiger partial charge in [0, 0.05) is 6.04 Å². The van der Waals surface area contributed by atoms with Crippen molar-refractivity contribution in [2.45, 2.75) is 25.3 Å². The van der Waals surface area contributed by atoms with Crippen LogP contribution in [0.2, 0.25) is 0 Å². The topological polar surface area (TPSA) is 46.2 Å². The zero-order valence-corrected chi connectivity index (χ0v) is 6.23. The standard InChI is InChI=1S/C6H13NO.ClH/c7-6(4-8)3-5-1-2-5;/h5-6,8H,1-4,7H2;1H/t6-;/m1./s1. The van der Waals surface area contributed by atoms with Gasteiger partial charge in [-0.15, -0.1) is 12.4 Å². The second kappa shape index (κ2) is 4.09. The molecule has 0 unspecified atom stereocenters. The molecule has 1 aliphatic rings. The zero-order chi connectivity index (χ0) is 5.98. The van der Waals surface area contributed by atoms with Crippen molar-refractivity contribution < 1.29 is 5.11 Å². The normalized spacial score (nSPS) is 20.7. The lowest BCUT2D eigenvalue weighted by Gasteiger charge is -2.03. The average molecular weight is 152 g/mol. The lowest BCUT2D eigenvalue weighted by molar-refractivity contribution is 0.256. The molecule has 0 heterocycles. The van der Waals surface area contributed by atoms with Gasteiger partial charge in [-0.25, -0.2) is 0 Å². The van der Waals surface area contributed by atoms with Crippen molar-refractivity contribution in [1.82, 2.24) is 0 Å². The van der Waals surface area contributed by atoms with Gasteiger partial charge < -0.3 is 10.8 Å². The molecule has 1 fully saturated rings. The van der Waals surface area contributed by atoms with Gasteiger partial charge in [-0.2, -0.15) is 0 Å². The van der Waals surface area contributed by atoms with Crippen LogP contribution in [0.3, 0.4) is 0 Å². The minimum absolute atomic E-state index is 0. The molecule has 0 bridgehead atoms. The number of halogens is 1. The Morgan fingerprint density at radius 3 is 2.44 bits per heavy atom. The molecular formula is C6H14ClNO. The lowest BCUT2D eigenvalue weighted by Crippen LogP contribution is -2.24. The molecular weight excluding hydrogens is 138 g/mol. The van der Waals surface area contributed by atoms with E-state index in [4.69, 9.17) is 10.8 Å². The summed E-state index contributed by atoms with van der Waals surface area (Å²) >= 11 is 0. The van der Waals surface area contributed by atoms with Gasteiger partial charge >= 0.3 is 0 Å². The van der Waals surface area contributed by atoms with Crippen LogP contribution >= 0.6 is 12.4 Å². The highest BCUT2D eigenvalue weighted by molar-refractivity contribution is 5.85. The van der Waals surface area contributed by atoms with Crippen molar-refractivity contribution in [2.24, 2.45) is 11.7 Å². The number of aliphatic hydroxyl groups is 1. The van der Waals surface area contributed by atoms with E-state index in [2.05, 4.69) is 0 Å². The largest absolute Gasteiger partial charge is 0.395 e. The van der Waals surface area contributed by atoms with Crippen LogP contribution in [-0.4, -0.2) is 17.8 Å². The quantitative estimate of drug-likeness (QED) is 0.618. The number of rotatable bonds is 3. The molecule has 0 aromatic rings. The summed E-state index contributed by atoms with van der Waals surface area (Å²) in [7, 11) is 0. The third-order valence-electron chi connectivity index (χ3n) is 1.57. The van der Waals surface area contributed by atoms with Crippen molar-refractivity contribution in [3.05, 3.63) is 0 Å². The molecule has 56 valence electrons. The Balaban J connectivity index is 0.000000640. The van der Waals surface area contributed by atoms with Crippen LogP contribution in [0.25, 0.3) is 0 Å². The SMILES string of the molecule is Cl.N[C@@H](CO)CC1CC1. The van der Waals surface area contributed by atoms with Gasteiger partial charge in [0.2, 0.25) is 0 Å². The smallest absolute Gasteiger partial charge is 0.0582 e. The van der Waals surface area contributed by atoms with Gasteiger partial charge in [0.25, 0.3) is 0 Å². The summed E-state index contributed by atoms with van der Waals surface area (Å²) in [6, 6.07) is 0.0440. The average Bonchev–Trinajstić information content (AvgIpc) is 2.50. The second-order valence-corrected chi connectivity index (χ2v) is 2.62.